The van der Waals surface area contributed by atoms with Crippen LogP contribution in [0.25, 0.3) is 5.69 Å². The van der Waals surface area contributed by atoms with Crippen LogP contribution in [0.15, 0.2) is 36.7 Å². The highest BCUT2D eigenvalue weighted by molar-refractivity contribution is 5.31. The summed E-state index contributed by atoms with van der Waals surface area (Å²) in [6.45, 7) is 5.97. The van der Waals surface area contributed by atoms with Crippen LogP contribution < -0.4 is 0 Å². The van der Waals surface area contributed by atoms with Gasteiger partial charge in [-0.3, -0.25) is 0 Å². The van der Waals surface area contributed by atoms with Crippen molar-refractivity contribution in [2.45, 2.75) is 20.8 Å². The van der Waals surface area contributed by atoms with E-state index in [1.165, 1.54) is 12.1 Å². The third kappa shape index (κ3) is 2.91. The molecule has 0 amide bonds. The van der Waals surface area contributed by atoms with Crippen molar-refractivity contribution in [3.8, 4) is 5.69 Å². The summed E-state index contributed by atoms with van der Waals surface area (Å²) < 4.78 is 14.3. The summed E-state index contributed by atoms with van der Waals surface area (Å²) in [6, 6.07) is 6.24. The molecule has 0 unspecified atom stereocenters. The van der Waals surface area contributed by atoms with E-state index in [-0.39, 0.29) is 5.82 Å². The fourth-order valence-electron chi connectivity index (χ4n) is 1.15. The molecular formula is C12H15FN2. The lowest BCUT2D eigenvalue weighted by Crippen LogP contribution is -1.93. The lowest BCUT2D eigenvalue weighted by Gasteiger charge is -1.99. The number of rotatable bonds is 1. The molecule has 2 aromatic rings. The van der Waals surface area contributed by atoms with Crippen molar-refractivity contribution in [1.82, 2.24) is 9.78 Å². The zero-order valence-electron chi connectivity index (χ0n) is 9.24. The van der Waals surface area contributed by atoms with E-state index in [1.54, 1.807) is 23.0 Å². The Morgan fingerprint density at radius 3 is 2.20 bits per heavy atom. The predicted octanol–water partition coefficient (Wildman–Crippen LogP) is 3.35. The number of hydrogen-bond acceptors (Lipinski definition) is 1. The number of nitrogens with zero attached hydrogens (tertiary/aromatic N) is 2. The summed E-state index contributed by atoms with van der Waals surface area (Å²) in [5, 5.41) is 4.11. The maximum atomic E-state index is 12.6. The molecule has 3 heteroatoms. The van der Waals surface area contributed by atoms with Crippen molar-refractivity contribution in [1.29, 1.82) is 0 Å². The number of aryl methyl sites for hydroxylation is 1. The Labute approximate surface area is 89.4 Å². The Morgan fingerprint density at radius 1 is 1.13 bits per heavy atom. The Hall–Kier alpha value is -1.64. The third-order valence-corrected chi connectivity index (χ3v) is 1.80. The Kier molecular flexibility index (Phi) is 4.03. The van der Waals surface area contributed by atoms with E-state index in [0.717, 1.165) is 11.3 Å². The molecule has 2 rings (SSSR count). The molecule has 0 saturated carbocycles. The summed E-state index contributed by atoms with van der Waals surface area (Å²) in [5.41, 5.74) is 1.96. The first-order valence-electron chi connectivity index (χ1n) is 5.03. The summed E-state index contributed by atoms with van der Waals surface area (Å²) >= 11 is 0. The summed E-state index contributed by atoms with van der Waals surface area (Å²) in [5.74, 6) is -0.229. The van der Waals surface area contributed by atoms with E-state index in [1.807, 2.05) is 27.0 Å². The monoisotopic (exact) mass is 206 g/mol. The largest absolute Gasteiger partial charge is 0.241 e. The number of benzene rings is 1. The van der Waals surface area contributed by atoms with Crippen LogP contribution in [0, 0.1) is 12.7 Å². The highest BCUT2D eigenvalue weighted by Crippen LogP contribution is 2.08. The quantitative estimate of drug-likeness (QED) is 0.699. The van der Waals surface area contributed by atoms with Crippen molar-refractivity contribution in [2.75, 3.05) is 0 Å². The van der Waals surface area contributed by atoms with Gasteiger partial charge in [0.2, 0.25) is 0 Å². The van der Waals surface area contributed by atoms with Crippen molar-refractivity contribution in [2.24, 2.45) is 0 Å². The summed E-state index contributed by atoms with van der Waals surface area (Å²) in [4.78, 5) is 0. The Morgan fingerprint density at radius 2 is 1.73 bits per heavy atom. The minimum Gasteiger partial charge on any atom is -0.241 e. The van der Waals surface area contributed by atoms with Gasteiger partial charge in [-0.2, -0.15) is 5.10 Å². The van der Waals surface area contributed by atoms with Crippen LogP contribution in [0.3, 0.4) is 0 Å². The second-order valence-corrected chi connectivity index (χ2v) is 2.94. The fraction of sp³-hybridized carbons (Fsp3) is 0.250. The predicted molar refractivity (Wildman–Crippen MR) is 59.6 cm³/mol. The average molecular weight is 206 g/mol. The lowest BCUT2D eigenvalue weighted by atomic mass is 10.3. The third-order valence-electron chi connectivity index (χ3n) is 1.80. The first kappa shape index (κ1) is 11.4. The molecule has 0 spiro atoms. The van der Waals surface area contributed by atoms with Crippen LogP contribution in [-0.2, 0) is 0 Å². The molecular weight excluding hydrogens is 191 g/mol. The fourth-order valence-corrected chi connectivity index (χ4v) is 1.15. The normalized spacial score (nSPS) is 9.33. The summed E-state index contributed by atoms with van der Waals surface area (Å²) in [6.07, 6.45) is 3.66. The van der Waals surface area contributed by atoms with Gasteiger partial charge < -0.3 is 0 Å². The van der Waals surface area contributed by atoms with Crippen LogP contribution in [0.1, 0.15) is 19.4 Å². The highest BCUT2D eigenvalue weighted by Gasteiger charge is 1.97. The molecule has 0 aliphatic carbocycles. The number of aromatic nitrogens is 2. The van der Waals surface area contributed by atoms with Crippen molar-refractivity contribution >= 4 is 0 Å². The molecule has 0 saturated heterocycles. The van der Waals surface area contributed by atoms with Gasteiger partial charge in [0, 0.05) is 6.20 Å². The molecule has 0 bridgehead atoms. The standard InChI is InChI=1S/C10H9FN2.C2H6/c1-8-6-12-13(7-8)10-4-2-9(11)3-5-10;1-2/h2-7H,1H3;1-2H3. The zero-order chi connectivity index (χ0) is 11.3. The van der Waals surface area contributed by atoms with E-state index >= 15 is 0 Å². The van der Waals surface area contributed by atoms with Gasteiger partial charge in [0.25, 0.3) is 0 Å². The van der Waals surface area contributed by atoms with Gasteiger partial charge in [-0.15, -0.1) is 0 Å². The lowest BCUT2D eigenvalue weighted by molar-refractivity contribution is 0.627. The molecule has 2 nitrogen and oxygen atoms in total. The Balaban J connectivity index is 0.000000531. The molecule has 0 aliphatic rings. The topological polar surface area (TPSA) is 17.8 Å². The molecule has 1 aromatic carbocycles. The second kappa shape index (κ2) is 5.29. The van der Waals surface area contributed by atoms with Gasteiger partial charge in [-0.25, -0.2) is 9.07 Å². The first-order valence-corrected chi connectivity index (χ1v) is 5.03. The average Bonchev–Trinajstić information content (AvgIpc) is 2.69. The van der Waals surface area contributed by atoms with Crippen LogP contribution in [0.2, 0.25) is 0 Å². The molecule has 0 radical (unpaired) electrons. The zero-order valence-corrected chi connectivity index (χ0v) is 9.24. The summed E-state index contributed by atoms with van der Waals surface area (Å²) in [7, 11) is 0. The molecule has 1 heterocycles. The van der Waals surface area contributed by atoms with Crippen LogP contribution >= 0.6 is 0 Å². The number of hydrogen-bond donors (Lipinski definition) is 0. The molecule has 0 atom stereocenters. The highest BCUT2D eigenvalue weighted by atomic mass is 19.1. The SMILES string of the molecule is CC.Cc1cnn(-c2ccc(F)cc2)c1. The maximum absolute atomic E-state index is 12.6. The molecule has 0 aliphatic heterocycles. The molecule has 80 valence electrons. The molecule has 0 N–H and O–H groups in total. The van der Waals surface area contributed by atoms with E-state index < -0.39 is 0 Å². The Bertz CT molecular complexity index is 404. The van der Waals surface area contributed by atoms with Gasteiger partial charge in [-0.1, -0.05) is 13.8 Å². The van der Waals surface area contributed by atoms with E-state index in [4.69, 9.17) is 0 Å². The van der Waals surface area contributed by atoms with Gasteiger partial charge in [0.15, 0.2) is 0 Å². The maximum Gasteiger partial charge on any atom is 0.123 e. The van der Waals surface area contributed by atoms with Crippen LogP contribution in [0.4, 0.5) is 4.39 Å². The van der Waals surface area contributed by atoms with Crippen LogP contribution in [-0.4, -0.2) is 9.78 Å². The van der Waals surface area contributed by atoms with Gasteiger partial charge >= 0.3 is 0 Å². The smallest absolute Gasteiger partial charge is 0.123 e. The molecule has 15 heavy (non-hydrogen) atoms. The first-order chi connectivity index (χ1) is 7.25. The number of halogens is 1. The van der Waals surface area contributed by atoms with Gasteiger partial charge in [-0.05, 0) is 36.8 Å². The minimum absolute atomic E-state index is 0.229. The van der Waals surface area contributed by atoms with E-state index in [2.05, 4.69) is 5.10 Å². The van der Waals surface area contributed by atoms with Crippen molar-refractivity contribution in [3.63, 3.8) is 0 Å². The van der Waals surface area contributed by atoms with Crippen LogP contribution in [0.5, 0.6) is 0 Å². The van der Waals surface area contributed by atoms with E-state index in [9.17, 15) is 4.39 Å². The molecule has 1 aromatic heterocycles. The van der Waals surface area contributed by atoms with Gasteiger partial charge in [0.05, 0.1) is 11.9 Å². The van der Waals surface area contributed by atoms with Crippen molar-refractivity contribution in [3.05, 3.63) is 48.0 Å². The van der Waals surface area contributed by atoms with Gasteiger partial charge in [0.1, 0.15) is 5.82 Å². The second-order valence-electron chi connectivity index (χ2n) is 2.94. The van der Waals surface area contributed by atoms with E-state index in [0.29, 0.717) is 0 Å². The molecule has 0 fully saturated rings. The minimum atomic E-state index is -0.229. The van der Waals surface area contributed by atoms with Crippen molar-refractivity contribution < 1.29 is 4.39 Å².